The molecule has 0 saturated carbocycles. The Bertz CT molecular complexity index is 974. The first kappa shape index (κ1) is 18.5. The van der Waals surface area contributed by atoms with Gasteiger partial charge in [0.1, 0.15) is 11.5 Å². The number of aromatic nitrogens is 3. The monoisotopic (exact) mass is 377 g/mol. The number of imidazole rings is 1. The molecule has 28 heavy (non-hydrogen) atoms. The molecule has 1 fully saturated rings. The lowest BCUT2D eigenvalue weighted by molar-refractivity contribution is 0.0705. The van der Waals surface area contributed by atoms with Gasteiger partial charge in [-0.15, -0.1) is 0 Å². The minimum Gasteiger partial charge on any atom is -0.365 e. The van der Waals surface area contributed by atoms with Crippen molar-refractivity contribution in [2.75, 3.05) is 18.4 Å². The minimum absolute atomic E-state index is 0.0481. The van der Waals surface area contributed by atoms with Crippen molar-refractivity contribution in [3.05, 3.63) is 60.2 Å². The molecule has 6 nitrogen and oxygen atoms in total. The first-order valence-corrected chi connectivity index (χ1v) is 9.87. The zero-order valence-electron chi connectivity index (χ0n) is 16.7. The molecule has 0 unspecified atom stereocenters. The van der Waals surface area contributed by atoms with Gasteiger partial charge in [-0.25, -0.2) is 4.98 Å². The Morgan fingerprint density at radius 3 is 2.82 bits per heavy atom. The van der Waals surface area contributed by atoms with Gasteiger partial charge in [0.05, 0.1) is 11.3 Å². The van der Waals surface area contributed by atoms with E-state index in [2.05, 4.69) is 35.5 Å². The molecule has 0 bridgehead atoms. The summed E-state index contributed by atoms with van der Waals surface area (Å²) in [6, 6.07) is 9.69. The Kier molecular flexibility index (Phi) is 4.79. The fraction of sp³-hybridized carbons (Fsp3) is 0.409. The molecule has 0 spiro atoms. The van der Waals surface area contributed by atoms with E-state index in [1.54, 1.807) is 12.4 Å². The SMILES string of the molecule is CC(C)(C)Nc1c([C@@H]2CCCN(C(=O)c3cccnc3)C2)nc2ccccn12. The van der Waals surface area contributed by atoms with Gasteiger partial charge in [0.2, 0.25) is 0 Å². The summed E-state index contributed by atoms with van der Waals surface area (Å²) in [6.07, 6.45) is 7.38. The predicted octanol–water partition coefficient (Wildman–Crippen LogP) is 3.96. The van der Waals surface area contributed by atoms with Crippen LogP contribution in [0.3, 0.4) is 0 Å². The van der Waals surface area contributed by atoms with Crippen LogP contribution in [-0.2, 0) is 0 Å². The number of hydrogen-bond acceptors (Lipinski definition) is 4. The smallest absolute Gasteiger partial charge is 0.255 e. The van der Waals surface area contributed by atoms with Gasteiger partial charge in [-0.1, -0.05) is 6.07 Å². The number of amides is 1. The van der Waals surface area contributed by atoms with Gasteiger partial charge in [0, 0.05) is 43.1 Å². The molecule has 6 heteroatoms. The number of carbonyl (C=O) groups excluding carboxylic acids is 1. The highest BCUT2D eigenvalue weighted by Crippen LogP contribution is 2.34. The van der Waals surface area contributed by atoms with E-state index >= 15 is 0 Å². The summed E-state index contributed by atoms with van der Waals surface area (Å²) in [5.74, 6) is 1.29. The average molecular weight is 377 g/mol. The van der Waals surface area contributed by atoms with Crippen LogP contribution in [-0.4, -0.2) is 43.8 Å². The third-order valence-electron chi connectivity index (χ3n) is 5.05. The lowest BCUT2D eigenvalue weighted by Crippen LogP contribution is -2.39. The number of nitrogens with zero attached hydrogens (tertiary/aromatic N) is 4. The predicted molar refractivity (Wildman–Crippen MR) is 111 cm³/mol. The minimum atomic E-state index is -0.0829. The molecule has 1 aliphatic heterocycles. The van der Waals surface area contributed by atoms with Crippen LogP contribution >= 0.6 is 0 Å². The van der Waals surface area contributed by atoms with Crippen LogP contribution in [0.4, 0.5) is 5.82 Å². The van der Waals surface area contributed by atoms with Crippen LogP contribution in [0.15, 0.2) is 48.9 Å². The van der Waals surface area contributed by atoms with Crippen molar-refractivity contribution in [3.8, 4) is 0 Å². The Hall–Kier alpha value is -2.89. The molecule has 1 amide bonds. The molecule has 3 aromatic rings. The van der Waals surface area contributed by atoms with Crippen LogP contribution in [0, 0.1) is 0 Å². The second kappa shape index (κ2) is 7.26. The maximum absolute atomic E-state index is 12.9. The van der Waals surface area contributed by atoms with Crippen LogP contribution in [0.1, 0.15) is 55.6 Å². The number of piperidine rings is 1. The van der Waals surface area contributed by atoms with Crippen molar-refractivity contribution in [1.82, 2.24) is 19.3 Å². The Morgan fingerprint density at radius 2 is 2.07 bits per heavy atom. The molecule has 4 heterocycles. The Balaban J connectivity index is 1.66. The molecular formula is C22H27N5O. The van der Waals surface area contributed by atoms with Crippen molar-refractivity contribution in [3.63, 3.8) is 0 Å². The zero-order chi connectivity index (χ0) is 19.7. The molecule has 0 aromatic carbocycles. The highest BCUT2D eigenvalue weighted by atomic mass is 16.2. The normalized spacial score (nSPS) is 17.7. The highest BCUT2D eigenvalue weighted by Gasteiger charge is 2.30. The number of rotatable bonds is 3. The lowest BCUT2D eigenvalue weighted by Gasteiger charge is -2.33. The summed E-state index contributed by atoms with van der Waals surface area (Å²) in [6.45, 7) is 7.91. The van der Waals surface area contributed by atoms with E-state index in [0.717, 1.165) is 36.5 Å². The highest BCUT2D eigenvalue weighted by molar-refractivity contribution is 5.94. The van der Waals surface area contributed by atoms with Gasteiger partial charge in [0.25, 0.3) is 5.91 Å². The number of fused-ring (bicyclic) bond motifs is 1. The lowest BCUT2D eigenvalue weighted by atomic mass is 9.93. The first-order chi connectivity index (χ1) is 13.4. The molecule has 3 aromatic heterocycles. The molecule has 1 aliphatic rings. The zero-order valence-corrected chi connectivity index (χ0v) is 16.7. The van der Waals surface area contributed by atoms with Gasteiger partial charge in [-0.05, 0) is 57.9 Å². The van der Waals surface area contributed by atoms with E-state index in [1.165, 1.54) is 0 Å². The van der Waals surface area contributed by atoms with E-state index in [1.807, 2.05) is 41.4 Å². The van der Waals surface area contributed by atoms with Gasteiger partial charge in [-0.3, -0.25) is 14.2 Å². The standard InChI is InChI=1S/C22H27N5O/c1-22(2,3)25-20-19(24-18-10-4-5-13-27(18)20)17-9-7-12-26(15-17)21(28)16-8-6-11-23-14-16/h4-6,8,10-11,13-14,17,25H,7,9,12,15H2,1-3H3/t17-/m1/s1. The number of anilines is 1. The van der Waals surface area contributed by atoms with Crippen molar-refractivity contribution in [1.29, 1.82) is 0 Å². The number of nitrogens with one attached hydrogen (secondary N) is 1. The van der Waals surface area contributed by atoms with Crippen molar-refractivity contribution in [2.45, 2.75) is 45.1 Å². The van der Waals surface area contributed by atoms with Crippen molar-refractivity contribution >= 4 is 17.4 Å². The Labute approximate surface area is 165 Å². The van der Waals surface area contributed by atoms with E-state index in [-0.39, 0.29) is 17.4 Å². The van der Waals surface area contributed by atoms with E-state index in [0.29, 0.717) is 12.1 Å². The molecule has 0 aliphatic carbocycles. The maximum atomic E-state index is 12.9. The summed E-state index contributed by atoms with van der Waals surface area (Å²) < 4.78 is 2.11. The molecule has 1 saturated heterocycles. The van der Waals surface area contributed by atoms with Crippen LogP contribution < -0.4 is 5.32 Å². The van der Waals surface area contributed by atoms with E-state index < -0.39 is 0 Å². The summed E-state index contributed by atoms with van der Waals surface area (Å²) in [5.41, 5.74) is 2.54. The molecule has 146 valence electrons. The van der Waals surface area contributed by atoms with Gasteiger partial charge in [-0.2, -0.15) is 0 Å². The quantitative estimate of drug-likeness (QED) is 0.750. The third kappa shape index (κ3) is 3.72. The third-order valence-corrected chi connectivity index (χ3v) is 5.05. The van der Waals surface area contributed by atoms with E-state index in [4.69, 9.17) is 4.98 Å². The maximum Gasteiger partial charge on any atom is 0.255 e. The molecular weight excluding hydrogens is 350 g/mol. The van der Waals surface area contributed by atoms with Crippen LogP contribution in [0.25, 0.3) is 5.65 Å². The molecule has 1 atom stereocenters. The van der Waals surface area contributed by atoms with Gasteiger partial charge < -0.3 is 10.2 Å². The summed E-state index contributed by atoms with van der Waals surface area (Å²) in [4.78, 5) is 23.9. The number of pyridine rings is 2. The summed E-state index contributed by atoms with van der Waals surface area (Å²) in [5, 5.41) is 3.63. The van der Waals surface area contributed by atoms with Crippen LogP contribution in [0.2, 0.25) is 0 Å². The number of hydrogen-bond donors (Lipinski definition) is 1. The van der Waals surface area contributed by atoms with Crippen molar-refractivity contribution in [2.24, 2.45) is 0 Å². The fourth-order valence-electron chi connectivity index (χ4n) is 3.83. The van der Waals surface area contributed by atoms with Crippen molar-refractivity contribution < 1.29 is 4.79 Å². The van der Waals surface area contributed by atoms with E-state index in [9.17, 15) is 4.79 Å². The largest absolute Gasteiger partial charge is 0.365 e. The Morgan fingerprint density at radius 1 is 1.21 bits per heavy atom. The van der Waals surface area contributed by atoms with Crippen LogP contribution in [0.5, 0.6) is 0 Å². The fourth-order valence-corrected chi connectivity index (χ4v) is 3.83. The van der Waals surface area contributed by atoms with Gasteiger partial charge >= 0.3 is 0 Å². The molecule has 4 rings (SSSR count). The number of likely N-dealkylation sites (tertiary alicyclic amines) is 1. The summed E-state index contributed by atoms with van der Waals surface area (Å²) >= 11 is 0. The topological polar surface area (TPSA) is 62.5 Å². The second-order valence-electron chi connectivity index (χ2n) is 8.48. The number of carbonyl (C=O) groups is 1. The molecule has 0 radical (unpaired) electrons. The average Bonchev–Trinajstić information content (AvgIpc) is 3.05. The second-order valence-corrected chi connectivity index (χ2v) is 8.48. The van der Waals surface area contributed by atoms with Gasteiger partial charge in [0.15, 0.2) is 0 Å². The molecule has 1 N–H and O–H groups in total. The first-order valence-electron chi connectivity index (χ1n) is 9.87. The summed E-state index contributed by atoms with van der Waals surface area (Å²) in [7, 11) is 0.